The minimum absolute atomic E-state index is 0.00376. The normalized spacial score (nSPS) is 20.9. The molecule has 0 aliphatic carbocycles. The van der Waals surface area contributed by atoms with Gasteiger partial charge in [-0.3, -0.25) is 4.79 Å². The van der Waals surface area contributed by atoms with Crippen LogP contribution < -0.4 is 10.1 Å². The molecule has 0 saturated heterocycles. The fourth-order valence-electron chi connectivity index (χ4n) is 3.61. The van der Waals surface area contributed by atoms with E-state index in [0.29, 0.717) is 25.7 Å². The summed E-state index contributed by atoms with van der Waals surface area (Å²) in [5, 5.41) is 11.3. The summed E-state index contributed by atoms with van der Waals surface area (Å²) in [5.41, 5.74) is 2.12. The van der Waals surface area contributed by atoms with Crippen molar-refractivity contribution >= 4 is 5.91 Å². The Morgan fingerprint density at radius 2 is 2.11 bits per heavy atom. The Balaban J connectivity index is 1.78. The zero-order chi connectivity index (χ0) is 19.9. The maximum atomic E-state index is 13.1. The number of aryl methyl sites for hydroxylation is 1. The molecule has 1 aromatic heterocycles. The molecule has 1 aliphatic heterocycles. The van der Waals surface area contributed by atoms with E-state index in [0.717, 1.165) is 36.3 Å². The highest BCUT2D eigenvalue weighted by molar-refractivity contribution is 5.79. The molecule has 0 saturated carbocycles. The van der Waals surface area contributed by atoms with Crippen molar-refractivity contribution in [2.75, 3.05) is 13.7 Å². The second kappa shape index (κ2) is 9.68. The number of aromatic nitrogens is 3. The van der Waals surface area contributed by atoms with Crippen LogP contribution in [0, 0.1) is 11.8 Å². The molecular formula is C21H30N4O3. The second-order valence-corrected chi connectivity index (χ2v) is 7.85. The second-order valence-electron chi connectivity index (χ2n) is 7.85. The monoisotopic (exact) mass is 386 g/mol. The van der Waals surface area contributed by atoms with E-state index in [1.165, 1.54) is 0 Å². The van der Waals surface area contributed by atoms with Crippen molar-refractivity contribution in [1.82, 2.24) is 20.3 Å². The Bertz CT molecular complexity index is 757. The van der Waals surface area contributed by atoms with E-state index in [-0.39, 0.29) is 17.9 Å². The van der Waals surface area contributed by atoms with Crippen molar-refractivity contribution in [1.29, 1.82) is 0 Å². The number of ether oxygens (including phenoxy) is 2. The predicted molar refractivity (Wildman–Crippen MR) is 106 cm³/mol. The van der Waals surface area contributed by atoms with Gasteiger partial charge in [-0.25, -0.2) is 4.68 Å². The first-order valence-corrected chi connectivity index (χ1v) is 9.93. The third-order valence-electron chi connectivity index (χ3n) is 5.09. The van der Waals surface area contributed by atoms with Gasteiger partial charge in [0.25, 0.3) is 0 Å². The fraction of sp³-hybridized carbons (Fsp3) is 0.571. The number of hydrogen-bond acceptors (Lipinski definition) is 5. The smallest absolute Gasteiger partial charge is 0.223 e. The number of carbonyl (C=O) groups excluding carboxylic acids is 1. The number of benzene rings is 1. The summed E-state index contributed by atoms with van der Waals surface area (Å²) in [6.45, 7) is 5.14. The largest absolute Gasteiger partial charge is 0.497 e. The predicted octanol–water partition coefficient (Wildman–Crippen LogP) is 2.60. The van der Waals surface area contributed by atoms with E-state index in [1.54, 1.807) is 18.0 Å². The molecule has 0 unspecified atom stereocenters. The molecule has 7 nitrogen and oxygen atoms in total. The summed E-state index contributed by atoms with van der Waals surface area (Å²) >= 11 is 0. The van der Waals surface area contributed by atoms with Crippen LogP contribution in [0.2, 0.25) is 0 Å². The first-order valence-electron chi connectivity index (χ1n) is 9.93. The molecule has 2 heterocycles. The number of methoxy groups -OCH3 is 1. The van der Waals surface area contributed by atoms with Crippen molar-refractivity contribution in [3.05, 3.63) is 41.7 Å². The number of fused-ring (bicyclic) bond motifs is 1. The van der Waals surface area contributed by atoms with Gasteiger partial charge in [0.15, 0.2) is 0 Å². The first-order chi connectivity index (χ1) is 13.5. The Morgan fingerprint density at radius 3 is 2.82 bits per heavy atom. The van der Waals surface area contributed by atoms with Crippen molar-refractivity contribution in [3.63, 3.8) is 0 Å². The van der Waals surface area contributed by atoms with Crippen LogP contribution in [-0.4, -0.2) is 40.7 Å². The van der Waals surface area contributed by atoms with Gasteiger partial charge in [0.05, 0.1) is 31.6 Å². The summed E-state index contributed by atoms with van der Waals surface area (Å²) in [6.07, 6.45) is 4.80. The first kappa shape index (κ1) is 20.3. The molecule has 28 heavy (non-hydrogen) atoms. The Labute approximate surface area is 166 Å². The van der Waals surface area contributed by atoms with Crippen LogP contribution in [-0.2, 0) is 29.1 Å². The molecule has 0 spiro atoms. The number of amides is 1. The van der Waals surface area contributed by atoms with Gasteiger partial charge in [0.1, 0.15) is 12.5 Å². The van der Waals surface area contributed by atoms with E-state index >= 15 is 0 Å². The lowest BCUT2D eigenvalue weighted by molar-refractivity contribution is -0.126. The minimum Gasteiger partial charge on any atom is -0.497 e. The fourth-order valence-corrected chi connectivity index (χ4v) is 3.61. The van der Waals surface area contributed by atoms with Gasteiger partial charge >= 0.3 is 0 Å². The van der Waals surface area contributed by atoms with Crippen LogP contribution in [0.3, 0.4) is 0 Å². The standard InChI is InChI=1S/C21H30N4O3/c1-15(2)10-18-13-28-14-25-19(12-22-24-25)7-6-17(21(26)23-18)11-16-4-8-20(27-3)9-5-16/h4-5,8-9,12,15,17-18H,6-7,10-11,13-14H2,1-3H3,(H,23,26)/t17-,18+/m1/s1. The molecule has 0 bridgehead atoms. The molecule has 7 heteroatoms. The van der Waals surface area contributed by atoms with Crippen LogP contribution in [0.1, 0.15) is 37.9 Å². The molecule has 2 atom stereocenters. The number of rotatable bonds is 5. The Hall–Kier alpha value is -2.41. The van der Waals surface area contributed by atoms with Crippen molar-refractivity contribution < 1.29 is 14.3 Å². The van der Waals surface area contributed by atoms with Crippen LogP contribution in [0.4, 0.5) is 0 Å². The van der Waals surface area contributed by atoms with E-state index in [9.17, 15) is 4.79 Å². The third-order valence-corrected chi connectivity index (χ3v) is 5.09. The van der Waals surface area contributed by atoms with Gasteiger partial charge in [0.2, 0.25) is 5.91 Å². The lowest BCUT2D eigenvalue weighted by atomic mass is 9.92. The molecule has 2 aromatic rings. The average molecular weight is 386 g/mol. The zero-order valence-corrected chi connectivity index (χ0v) is 16.9. The summed E-state index contributed by atoms with van der Waals surface area (Å²) < 4.78 is 12.8. The van der Waals surface area contributed by atoms with Crippen LogP contribution in [0.25, 0.3) is 0 Å². The maximum absolute atomic E-state index is 13.1. The minimum atomic E-state index is -0.121. The van der Waals surface area contributed by atoms with Crippen molar-refractivity contribution in [2.45, 2.75) is 52.3 Å². The number of hydrogen-bond donors (Lipinski definition) is 1. The SMILES string of the molecule is COc1ccc(C[C@H]2CCc3cnnn3COC[C@H](CC(C)C)NC2=O)cc1. The van der Waals surface area contributed by atoms with Crippen molar-refractivity contribution in [2.24, 2.45) is 11.8 Å². The molecule has 3 rings (SSSR count). The quantitative estimate of drug-likeness (QED) is 0.855. The van der Waals surface area contributed by atoms with Crippen LogP contribution in [0.5, 0.6) is 5.75 Å². The summed E-state index contributed by atoms with van der Waals surface area (Å²) in [5.74, 6) is 1.26. The average Bonchev–Trinajstić information content (AvgIpc) is 3.11. The molecule has 1 N–H and O–H groups in total. The van der Waals surface area contributed by atoms with Gasteiger partial charge in [0, 0.05) is 5.92 Å². The highest BCUT2D eigenvalue weighted by atomic mass is 16.5. The number of nitrogens with zero attached hydrogens (tertiary/aromatic N) is 3. The Kier molecular flexibility index (Phi) is 7.03. The highest BCUT2D eigenvalue weighted by Gasteiger charge is 2.24. The van der Waals surface area contributed by atoms with Crippen molar-refractivity contribution in [3.8, 4) is 5.75 Å². The third kappa shape index (κ3) is 5.55. The van der Waals surface area contributed by atoms with E-state index in [2.05, 4.69) is 29.5 Å². The summed E-state index contributed by atoms with van der Waals surface area (Å²) in [6, 6.07) is 7.92. The topological polar surface area (TPSA) is 78.3 Å². The molecule has 0 radical (unpaired) electrons. The van der Waals surface area contributed by atoms with E-state index in [1.807, 2.05) is 24.3 Å². The van der Waals surface area contributed by atoms with Gasteiger partial charge in [-0.15, -0.1) is 5.10 Å². The number of carbonyl (C=O) groups is 1. The summed E-state index contributed by atoms with van der Waals surface area (Å²) in [7, 11) is 1.65. The van der Waals surface area contributed by atoms with Crippen LogP contribution >= 0.6 is 0 Å². The number of nitrogens with one attached hydrogen (secondary N) is 1. The Morgan fingerprint density at radius 1 is 1.32 bits per heavy atom. The summed E-state index contributed by atoms with van der Waals surface area (Å²) in [4.78, 5) is 13.1. The molecule has 1 aromatic carbocycles. The highest BCUT2D eigenvalue weighted by Crippen LogP contribution is 2.20. The molecule has 1 aliphatic rings. The van der Waals surface area contributed by atoms with E-state index < -0.39 is 0 Å². The van der Waals surface area contributed by atoms with Gasteiger partial charge in [-0.1, -0.05) is 31.2 Å². The van der Waals surface area contributed by atoms with Gasteiger partial charge in [-0.2, -0.15) is 0 Å². The van der Waals surface area contributed by atoms with Gasteiger partial charge in [-0.05, 0) is 49.3 Å². The van der Waals surface area contributed by atoms with Gasteiger partial charge < -0.3 is 14.8 Å². The molecule has 1 amide bonds. The lowest BCUT2D eigenvalue weighted by Gasteiger charge is -2.23. The zero-order valence-electron chi connectivity index (χ0n) is 16.9. The molecule has 152 valence electrons. The van der Waals surface area contributed by atoms with Crippen LogP contribution in [0.15, 0.2) is 30.5 Å². The maximum Gasteiger partial charge on any atom is 0.223 e. The molecule has 0 fully saturated rings. The lowest BCUT2D eigenvalue weighted by Crippen LogP contribution is -2.42. The van der Waals surface area contributed by atoms with E-state index in [4.69, 9.17) is 9.47 Å². The molecular weight excluding hydrogens is 356 g/mol.